The lowest BCUT2D eigenvalue weighted by Gasteiger charge is -2.30. The summed E-state index contributed by atoms with van der Waals surface area (Å²) in [5, 5.41) is 3.07. The first kappa shape index (κ1) is 16.4. The Kier molecular flexibility index (Phi) is 4.41. The van der Waals surface area contributed by atoms with Gasteiger partial charge in [-0.05, 0) is 37.3 Å². The maximum atomic E-state index is 12.8. The first-order valence-corrected chi connectivity index (χ1v) is 9.30. The number of fused-ring (bicyclic) bond motifs is 1. The van der Waals surface area contributed by atoms with Crippen molar-refractivity contribution in [1.29, 1.82) is 0 Å². The molecular weight excluding hydrogens is 308 g/mol. The van der Waals surface area contributed by atoms with Crippen molar-refractivity contribution in [2.45, 2.75) is 56.9 Å². The fourth-order valence-corrected chi connectivity index (χ4v) is 4.92. The van der Waals surface area contributed by atoms with Gasteiger partial charge in [0.05, 0.1) is 4.87 Å². The molecule has 1 N–H and O–H groups in total. The lowest BCUT2D eigenvalue weighted by Crippen LogP contribution is -2.48. The first-order valence-electron chi connectivity index (χ1n) is 8.32. The van der Waals surface area contributed by atoms with E-state index in [-0.39, 0.29) is 22.7 Å². The molecule has 2 fully saturated rings. The summed E-state index contributed by atoms with van der Waals surface area (Å²) >= 11 is 1.73. The molecule has 2 aliphatic rings. The minimum absolute atomic E-state index is 0.0628. The van der Waals surface area contributed by atoms with Gasteiger partial charge < -0.3 is 10.2 Å². The van der Waals surface area contributed by atoms with Gasteiger partial charge in [0.1, 0.15) is 6.04 Å². The van der Waals surface area contributed by atoms with Gasteiger partial charge in [-0.15, -0.1) is 11.8 Å². The molecule has 0 unspecified atom stereocenters. The summed E-state index contributed by atoms with van der Waals surface area (Å²) in [6, 6.07) is 7.61. The smallest absolute Gasteiger partial charge is 0.248 e. The SMILES string of the molecule is CC[C@H](C)c1ccccc1NC(=O)[C@@H]1CS[C@]2(C)CCC(=O)N12. The fourth-order valence-electron chi connectivity index (χ4n) is 3.49. The van der Waals surface area contributed by atoms with Gasteiger partial charge in [-0.25, -0.2) is 0 Å². The Morgan fingerprint density at radius 3 is 2.96 bits per heavy atom. The minimum atomic E-state index is -0.356. The average molecular weight is 332 g/mol. The van der Waals surface area contributed by atoms with Gasteiger partial charge >= 0.3 is 0 Å². The number of benzene rings is 1. The summed E-state index contributed by atoms with van der Waals surface area (Å²) in [6.45, 7) is 6.38. The highest BCUT2D eigenvalue weighted by atomic mass is 32.2. The second-order valence-corrected chi connectivity index (χ2v) is 8.15. The van der Waals surface area contributed by atoms with E-state index in [9.17, 15) is 9.59 Å². The number of nitrogens with one attached hydrogen (secondary N) is 1. The zero-order valence-electron chi connectivity index (χ0n) is 14.0. The zero-order chi connectivity index (χ0) is 16.6. The molecule has 3 atom stereocenters. The maximum Gasteiger partial charge on any atom is 0.248 e. The molecule has 0 bridgehead atoms. The lowest BCUT2D eigenvalue weighted by atomic mass is 9.97. The Morgan fingerprint density at radius 1 is 1.48 bits per heavy atom. The van der Waals surface area contributed by atoms with Crippen molar-refractivity contribution < 1.29 is 9.59 Å². The van der Waals surface area contributed by atoms with E-state index in [0.29, 0.717) is 18.1 Å². The van der Waals surface area contributed by atoms with Crippen LogP contribution >= 0.6 is 11.8 Å². The van der Waals surface area contributed by atoms with E-state index in [1.54, 1.807) is 16.7 Å². The van der Waals surface area contributed by atoms with Crippen LogP contribution in [0.3, 0.4) is 0 Å². The van der Waals surface area contributed by atoms with E-state index >= 15 is 0 Å². The highest BCUT2D eigenvalue weighted by molar-refractivity contribution is 8.01. The highest BCUT2D eigenvalue weighted by Gasteiger charge is 2.52. The molecule has 0 aliphatic carbocycles. The van der Waals surface area contributed by atoms with Crippen LogP contribution in [0.15, 0.2) is 24.3 Å². The lowest BCUT2D eigenvalue weighted by molar-refractivity contribution is -0.135. The molecular formula is C18H24N2O2S. The summed E-state index contributed by atoms with van der Waals surface area (Å²) in [6.07, 6.45) is 2.41. The van der Waals surface area contributed by atoms with Crippen molar-refractivity contribution >= 4 is 29.3 Å². The average Bonchev–Trinajstić information content (AvgIpc) is 3.04. The van der Waals surface area contributed by atoms with Gasteiger partial charge in [-0.2, -0.15) is 0 Å². The van der Waals surface area contributed by atoms with E-state index in [0.717, 1.165) is 24.1 Å². The quantitative estimate of drug-likeness (QED) is 0.916. The van der Waals surface area contributed by atoms with Crippen LogP contribution < -0.4 is 5.32 Å². The molecule has 1 aromatic rings. The van der Waals surface area contributed by atoms with Gasteiger partial charge in [-0.3, -0.25) is 9.59 Å². The molecule has 0 aromatic heterocycles. The number of hydrogen-bond donors (Lipinski definition) is 1. The monoisotopic (exact) mass is 332 g/mol. The summed E-state index contributed by atoms with van der Waals surface area (Å²) in [7, 11) is 0. The Labute approximate surface area is 142 Å². The molecule has 3 rings (SSSR count). The van der Waals surface area contributed by atoms with Gasteiger partial charge in [-0.1, -0.05) is 32.0 Å². The second kappa shape index (κ2) is 6.19. The third kappa shape index (κ3) is 2.87. The van der Waals surface area contributed by atoms with Crippen molar-refractivity contribution in [2.24, 2.45) is 0 Å². The zero-order valence-corrected chi connectivity index (χ0v) is 14.8. The van der Waals surface area contributed by atoms with Crippen molar-refractivity contribution in [1.82, 2.24) is 4.90 Å². The van der Waals surface area contributed by atoms with Gasteiger partial charge in [0.25, 0.3) is 0 Å². The minimum Gasteiger partial charge on any atom is -0.324 e. The summed E-state index contributed by atoms with van der Waals surface area (Å²) in [5.41, 5.74) is 2.03. The largest absolute Gasteiger partial charge is 0.324 e. The predicted octanol–water partition coefficient (Wildman–Crippen LogP) is 3.59. The number of nitrogens with zero attached hydrogens (tertiary/aromatic N) is 1. The van der Waals surface area contributed by atoms with Crippen molar-refractivity contribution in [3.05, 3.63) is 29.8 Å². The van der Waals surface area contributed by atoms with Crippen molar-refractivity contribution in [3.63, 3.8) is 0 Å². The van der Waals surface area contributed by atoms with Crippen LogP contribution in [-0.2, 0) is 9.59 Å². The Morgan fingerprint density at radius 2 is 2.22 bits per heavy atom. The molecule has 2 amide bonds. The van der Waals surface area contributed by atoms with E-state index in [1.165, 1.54) is 0 Å². The number of carbonyl (C=O) groups excluding carboxylic acids is 2. The topological polar surface area (TPSA) is 49.4 Å². The Balaban J connectivity index is 1.79. The molecule has 1 aromatic carbocycles. The number of para-hydroxylation sites is 1. The third-order valence-electron chi connectivity index (χ3n) is 5.11. The third-order valence-corrected chi connectivity index (χ3v) is 6.61. The molecule has 23 heavy (non-hydrogen) atoms. The molecule has 124 valence electrons. The Hall–Kier alpha value is -1.49. The Bertz CT molecular complexity index is 633. The number of anilines is 1. The molecule has 2 heterocycles. The standard InChI is InChI=1S/C18H24N2O2S/c1-4-12(2)13-7-5-6-8-14(13)19-17(22)15-11-23-18(3)10-9-16(21)20(15)18/h5-8,12,15H,4,9-11H2,1-3H3,(H,19,22)/t12-,15-,18+/m0/s1. The highest BCUT2D eigenvalue weighted by Crippen LogP contribution is 2.47. The van der Waals surface area contributed by atoms with Crippen LogP contribution in [0, 0.1) is 0 Å². The van der Waals surface area contributed by atoms with Crippen LogP contribution in [0.25, 0.3) is 0 Å². The fraction of sp³-hybridized carbons (Fsp3) is 0.556. The number of thioether (sulfide) groups is 1. The summed E-state index contributed by atoms with van der Waals surface area (Å²) in [4.78, 5) is 26.6. The van der Waals surface area contributed by atoms with Gasteiger partial charge in [0.2, 0.25) is 11.8 Å². The first-order chi connectivity index (χ1) is 11.0. The van der Waals surface area contributed by atoms with Crippen LogP contribution in [0.2, 0.25) is 0 Å². The number of rotatable bonds is 4. The van der Waals surface area contributed by atoms with Crippen LogP contribution in [-0.4, -0.2) is 33.4 Å². The van der Waals surface area contributed by atoms with E-state index in [2.05, 4.69) is 32.2 Å². The van der Waals surface area contributed by atoms with Gasteiger partial charge in [0.15, 0.2) is 0 Å². The van der Waals surface area contributed by atoms with E-state index in [4.69, 9.17) is 0 Å². The van der Waals surface area contributed by atoms with Crippen molar-refractivity contribution in [3.8, 4) is 0 Å². The van der Waals surface area contributed by atoms with Crippen LogP contribution in [0.4, 0.5) is 5.69 Å². The van der Waals surface area contributed by atoms with E-state index < -0.39 is 0 Å². The molecule has 2 saturated heterocycles. The second-order valence-electron chi connectivity index (χ2n) is 6.65. The molecule has 0 spiro atoms. The number of amides is 2. The van der Waals surface area contributed by atoms with Crippen LogP contribution in [0.1, 0.15) is 51.5 Å². The summed E-state index contributed by atoms with van der Waals surface area (Å²) < 4.78 is 0. The maximum absolute atomic E-state index is 12.8. The number of carbonyl (C=O) groups is 2. The molecule has 0 saturated carbocycles. The van der Waals surface area contributed by atoms with Crippen molar-refractivity contribution in [2.75, 3.05) is 11.1 Å². The summed E-state index contributed by atoms with van der Waals surface area (Å²) in [5.74, 6) is 1.11. The number of hydrogen-bond acceptors (Lipinski definition) is 3. The normalized spacial score (nSPS) is 27.9. The van der Waals surface area contributed by atoms with E-state index in [1.807, 2.05) is 18.2 Å². The predicted molar refractivity (Wildman–Crippen MR) is 94.5 cm³/mol. The van der Waals surface area contributed by atoms with Gasteiger partial charge in [0, 0.05) is 17.9 Å². The molecule has 0 radical (unpaired) electrons. The molecule has 4 nitrogen and oxygen atoms in total. The molecule has 5 heteroatoms. The molecule has 2 aliphatic heterocycles. The van der Waals surface area contributed by atoms with Crippen LogP contribution in [0.5, 0.6) is 0 Å².